The van der Waals surface area contributed by atoms with Crippen LogP contribution in [0.15, 0.2) is 23.4 Å². The molecule has 10 heteroatoms. The Kier molecular flexibility index (Phi) is 4.85. The third kappa shape index (κ3) is 3.56. The van der Waals surface area contributed by atoms with Crippen molar-refractivity contribution in [2.45, 2.75) is 5.16 Å². The largest absolute Gasteiger partial charge is 0.454 e. The number of benzene rings is 1. The molecule has 0 radical (unpaired) electrons. The number of hydrogen-bond donors (Lipinski definition) is 1. The van der Waals surface area contributed by atoms with Crippen LogP contribution in [0, 0.1) is 0 Å². The van der Waals surface area contributed by atoms with E-state index in [1.54, 1.807) is 18.2 Å². The third-order valence-electron chi connectivity index (χ3n) is 4.09. The Morgan fingerprint density at radius 1 is 1.23 bits per heavy atom. The Morgan fingerprint density at radius 3 is 2.88 bits per heavy atom. The zero-order valence-electron chi connectivity index (χ0n) is 14.3. The van der Waals surface area contributed by atoms with Crippen LogP contribution in [0.2, 0.25) is 0 Å². The van der Waals surface area contributed by atoms with E-state index < -0.39 is 0 Å². The smallest absolute Gasteiger partial charge is 0.234 e. The standard InChI is InChI=1S/C16H19N5O4S/c1-20-15(21-4-6-23-7-5-21)18-19-16(20)26-9-14(22)17-11-2-3-12-13(8-11)25-10-24-12/h2-3,8H,4-7,9-10H2,1H3,(H,17,22). The minimum atomic E-state index is -0.121. The van der Waals surface area contributed by atoms with Gasteiger partial charge in [-0.05, 0) is 12.1 Å². The van der Waals surface area contributed by atoms with E-state index in [0.717, 1.165) is 19.0 Å². The summed E-state index contributed by atoms with van der Waals surface area (Å²) >= 11 is 1.35. The summed E-state index contributed by atoms with van der Waals surface area (Å²) in [7, 11) is 1.91. The molecule has 26 heavy (non-hydrogen) atoms. The summed E-state index contributed by atoms with van der Waals surface area (Å²) in [5.74, 6) is 2.24. The summed E-state index contributed by atoms with van der Waals surface area (Å²) in [6.07, 6.45) is 0. The van der Waals surface area contributed by atoms with E-state index in [1.165, 1.54) is 11.8 Å². The Bertz CT molecular complexity index is 806. The van der Waals surface area contributed by atoms with Gasteiger partial charge in [0.1, 0.15) is 0 Å². The number of anilines is 2. The number of hydrogen-bond acceptors (Lipinski definition) is 8. The Hall–Kier alpha value is -2.46. The van der Waals surface area contributed by atoms with Crippen LogP contribution in [0.3, 0.4) is 0 Å². The van der Waals surface area contributed by atoms with Crippen molar-refractivity contribution in [1.82, 2.24) is 14.8 Å². The van der Waals surface area contributed by atoms with Gasteiger partial charge in [-0.2, -0.15) is 0 Å². The normalized spacial score (nSPS) is 16.0. The van der Waals surface area contributed by atoms with Crippen molar-refractivity contribution < 1.29 is 19.0 Å². The monoisotopic (exact) mass is 377 g/mol. The molecule has 9 nitrogen and oxygen atoms in total. The maximum atomic E-state index is 12.2. The molecule has 138 valence electrons. The lowest BCUT2D eigenvalue weighted by Crippen LogP contribution is -2.37. The number of ether oxygens (including phenoxy) is 3. The van der Waals surface area contributed by atoms with Crippen LogP contribution in [-0.4, -0.2) is 59.5 Å². The zero-order valence-corrected chi connectivity index (χ0v) is 15.1. The molecular formula is C16H19N5O4S. The summed E-state index contributed by atoms with van der Waals surface area (Å²) in [5, 5.41) is 12.0. The number of aromatic nitrogens is 3. The van der Waals surface area contributed by atoms with Gasteiger partial charge in [-0.15, -0.1) is 10.2 Å². The molecule has 2 aliphatic rings. The zero-order chi connectivity index (χ0) is 17.9. The van der Waals surface area contributed by atoms with Crippen molar-refractivity contribution in [1.29, 1.82) is 0 Å². The summed E-state index contributed by atoms with van der Waals surface area (Å²) in [5.41, 5.74) is 0.673. The highest BCUT2D eigenvalue weighted by atomic mass is 32.2. The van der Waals surface area contributed by atoms with E-state index in [0.29, 0.717) is 35.6 Å². The number of rotatable bonds is 5. The lowest BCUT2D eigenvalue weighted by atomic mass is 10.3. The highest BCUT2D eigenvalue weighted by molar-refractivity contribution is 7.99. The van der Waals surface area contributed by atoms with Crippen molar-refractivity contribution in [2.75, 3.05) is 49.1 Å². The van der Waals surface area contributed by atoms with Gasteiger partial charge in [0, 0.05) is 31.9 Å². The van der Waals surface area contributed by atoms with E-state index in [1.807, 2.05) is 11.6 Å². The third-order valence-corrected chi connectivity index (χ3v) is 5.11. The first-order chi connectivity index (χ1) is 12.7. The van der Waals surface area contributed by atoms with Gasteiger partial charge in [-0.1, -0.05) is 11.8 Å². The maximum Gasteiger partial charge on any atom is 0.234 e. The first kappa shape index (κ1) is 17.0. The number of fused-ring (bicyclic) bond motifs is 1. The van der Waals surface area contributed by atoms with Crippen LogP contribution in [0.25, 0.3) is 0 Å². The minimum absolute atomic E-state index is 0.121. The minimum Gasteiger partial charge on any atom is -0.454 e. The lowest BCUT2D eigenvalue weighted by Gasteiger charge is -2.27. The number of carbonyl (C=O) groups is 1. The van der Waals surface area contributed by atoms with Gasteiger partial charge in [0.15, 0.2) is 16.7 Å². The molecule has 2 aliphatic heterocycles. The fourth-order valence-corrected chi connectivity index (χ4v) is 3.48. The van der Waals surface area contributed by atoms with Crippen molar-refractivity contribution in [3.05, 3.63) is 18.2 Å². The fraction of sp³-hybridized carbons (Fsp3) is 0.438. The molecule has 1 aromatic heterocycles. The topological polar surface area (TPSA) is 90.7 Å². The second-order valence-electron chi connectivity index (χ2n) is 5.85. The Morgan fingerprint density at radius 2 is 2.04 bits per heavy atom. The predicted octanol–water partition coefficient (Wildman–Crippen LogP) is 1.11. The molecule has 2 aromatic rings. The van der Waals surface area contributed by atoms with E-state index in [4.69, 9.17) is 14.2 Å². The second kappa shape index (κ2) is 7.42. The van der Waals surface area contributed by atoms with Gasteiger partial charge in [0.25, 0.3) is 0 Å². The molecule has 0 saturated carbocycles. The molecule has 4 rings (SSSR count). The van der Waals surface area contributed by atoms with Crippen LogP contribution in [0.1, 0.15) is 0 Å². The average Bonchev–Trinajstić information content (AvgIpc) is 3.27. The number of nitrogens with zero attached hydrogens (tertiary/aromatic N) is 4. The van der Waals surface area contributed by atoms with Crippen molar-refractivity contribution in [3.8, 4) is 11.5 Å². The molecule has 3 heterocycles. The number of amides is 1. The van der Waals surface area contributed by atoms with Gasteiger partial charge in [0.05, 0.1) is 19.0 Å². The molecule has 1 fully saturated rings. The highest BCUT2D eigenvalue weighted by Crippen LogP contribution is 2.34. The van der Waals surface area contributed by atoms with Gasteiger partial charge in [-0.3, -0.25) is 9.36 Å². The molecule has 0 unspecified atom stereocenters. The number of carbonyl (C=O) groups excluding carboxylic acids is 1. The summed E-state index contributed by atoms with van der Waals surface area (Å²) < 4.78 is 17.8. The first-order valence-corrected chi connectivity index (χ1v) is 9.23. The van der Waals surface area contributed by atoms with Gasteiger partial charge < -0.3 is 24.4 Å². The fourth-order valence-electron chi connectivity index (χ4n) is 2.77. The molecule has 0 spiro atoms. The van der Waals surface area contributed by atoms with Crippen molar-refractivity contribution in [2.24, 2.45) is 7.05 Å². The molecular weight excluding hydrogens is 358 g/mol. The summed E-state index contributed by atoms with van der Waals surface area (Å²) in [6, 6.07) is 5.32. The van der Waals surface area contributed by atoms with Crippen molar-refractivity contribution >= 4 is 29.3 Å². The molecule has 1 amide bonds. The number of nitrogens with one attached hydrogen (secondary N) is 1. The highest BCUT2D eigenvalue weighted by Gasteiger charge is 2.19. The molecule has 1 N–H and O–H groups in total. The second-order valence-corrected chi connectivity index (χ2v) is 6.79. The van der Waals surface area contributed by atoms with E-state index in [-0.39, 0.29) is 18.5 Å². The maximum absolute atomic E-state index is 12.2. The summed E-state index contributed by atoms with van der Waals surface area (Å²) in [4.78, 5) is 14.3. The number of morpholine rings is 1. The van der Waals surface area contributed by atoms with Crippen molar-refractivity contribution in [3.63, 3.8) is 0 Å². The van der Waals surface area contributed by atoms with E-state index in [9.17, 15) is 4.79 Å². The lowest BCUT2D eigenvalue weighted by molar-refractivity contribution is -0.113. The molecule has 1 saturated heterocycles. The molecule has 0 bridgehead atoms. The van der Waals surface area contributed by atoms with E-state index in [2.05, 4.69) is 20.4 Å². The summed E-state index contributed by atoms with van der Waals surface area (Å²) in [6.45, 7) is 3.17. The molecule has 0 atom stereocenters. The first-order valence-electron chi connectivity index (χ1n) is 8.25. The van der Waals surface area contributed by atoms with Gasteiger partial charge in [-0.25, -0.2) is 0 Å². The number of thioether (sulfide) groups is 1. The SMILES string of the molecule is Cn1c(SCC(=O)Nc2ccc3c(c2)OCO3)nnc1N1CCOCC1. The van der Waals surface area contributed by atoms with Crippen LogP contribution in [0.4, 0.5) is 11.6 Å². The van der Waals surface area contributed by atoms with Gasteiger partial charge >= 0.3 is 0 Å². The molecule has 0 aliphatic carbocycles. The van der Waals surface area contributed by atoms with Crippen LogP contribution in [-0.2, 0) is 16.6 Å². The Labute approximate surface area is 154 Å². The van der Waals surface area contributed by atoms with E-state index >= 15 is 0 Å². The molecule has 1 aromatic carbocycles. The van der Waals surface area contributed by atoms with Crippen LogP contribution < -0.4 is 19.7 Å². The van der Waals surface area contributed by atoms with Crippen LogP contribution in [0.5, 0.6) is 11.5 Å². The van der Waals surface area contributed by atoms with Crippen LogP contribution >= 0.6 is 11.8 Å². The Balaban J connectivity index is 1.33. The predicted molar refractivity (Wildman–Crippen MR) is 96.0 cm³/mol. The quantitative estimate of drug-likeness (QED) is 0.775. The average molecular weight is 377 g/mol. The van der Waals surface area contributed by atoms with Gasteiger partial charge in [0.2, 0.25) is 18.6 Å².